The predicted octanol–water partition coefficient (Wildman–Crippen LogP) is 10.5. The maximum atomic E-state index is 2.41. The van der Waals surface area contributed by atoms with Crippen molar-refractivity contribution in [2.75, 3.05) is 0 Å². The van der Waals surface area contributed by atoms with Gasteiger partial charge in [0, 0.05) is 0 Å². The van der Waals surface area contributed by atoms with Crippen LogP contribution in [0, 0.1) is 0 Å². The Morgan fingerprint density at radius 2 is 1.03 bits per heavy atom. The summed E-state index contributed by atoms with van der Waals surface area (Å²) in [6.07, 6.45) is 1.07. The fourth-order valence-electron chi connectivity index (χ4n) is 5.16. The first-order valence-corrected chi connectivity index (χ1v) is 13.3. The van der Waals surface area contributed by atoms with Gasteiger partial charge in [-0.1, -0.05) is 133 Å². The van der Waals surface area contributed by atoms with E-state index >= 15 is 0 Å². The Morgan fingerprint density at radius 1 is 0.472 bits per heavy atom. The van der Waals surface area contributed by atoms with Crippen LogP contribution in [0.5, 0.6) is 0 Å². The minimum atomic E-state index is 0.0907. The molecule has 0 aliphatic heterocycles. The monoisotopic (exact) mass is 470 g/mol. The molecule has 0 unspecified atom stereocenters. The third kappa shape index (κ3) is 4.58. The van der Waals surface area contributed by atoms with Crippen molar-refractivity contribution < 1.29 is 0 Å². The fourth-order valence-corrected chi connectivity index (χ4v) is 5.16. The first-order valence-electron chi connectivity index (χ1n) is 13.3. The summed E-state index contributed by atoms with van der Waals surface area (Å²) in [7, 11) is 0. The van der Waals surface area contributed by atoms with Gasteiger partial charge in [0.2, 0.25) is 0 Å². The van der Waals surface area contributed by atoms with Crippen molar-refractivity contribution in [2.24, 2.45) is 0 Å². The lowest BCUT2D eigenvalue weighted by Gasteiger charge is -2.23. The maximum Gasteiger partial charge on any atom is -0.0102 e. The largest absolute Gasteiger partial charge is 0.0613 e. The average molecular weight is 471 g/mol. The quantitative estimate of drug-likeness (QED) is 0.230. The van der Waals surface area contributed by atoms with Crippen LogP contribution in [0.25, 0.3) is 43.8 Å². The Labute approximate surface area is 217 Å². The number of fused-ring (bicyclic) bond motifs is 3. The van der Waals surface area contributed by atoms with Gasteiger partial charge in [-0.3, -0.25) is 0 Å². The molecule has 0 amide bonds. The van der Waals surface area contributed by atoms with E-state index in [1.807, 2.05) is 0 Å². The Bertz CT molecular complexity index is 1550. The molecule has 0 nitrogen and oxygen atoms in total. The Morgan fingerprint density at radius 3 is 1.64 bits per heavy atom. The molecule has 0 N–H and O–H groups in total. The van der Waals surface area contributed by atoms with Gasteiger partial charge in [0.15, 0.2) is 0 Å². The molecule has 0 atom stereocenters. The maximum absolute atomic E-state index is 2.41. The predicted molar refractivity (Wildman–Crippen MR) is 159 cm³/mol. The first-order chi connectivity index (χ1) is 17.0. The lowest BCUT2D eigenvalue weighted by molar-refractivity contribution is 0.590. The second-order valence-electron chi connectivity index (χ2n) is 12.2. The van der Waals surface area contributed by atoms with Gasteiger partial charge in [0.1, 0.15) is 0 Å². The summed E-state index contributed by atoms with van der Waals surface area (Å²) in [6.45, 7) is 15.9. The van der Waals surface area contributed by atoms with E-state index in [-0.39, 0.29) is 10.8 Å². The summed E-state index contributed by atoms with van der Waals surface area (Å²) < 4.78 is 0. The molecular weight excluding hydrogens is 432 g/mol. The number of aryl methyl sites for hydroxylation is 1. The molecule has 0 saturated heterocycles. The van der Waals surface area contributed by atoms with Crippen LogP contribution in [0.3, 0.4) is 0 Å². The zero-order chi connectivity index (χ0) is 25.7. The van der Waals surface area contributed by atoms with Gasteiger partial charge < -0.3 is 0 Å². The van der Waals surface area contributed by atoms with E-state index in [2.05, 4.69) is 139 Å². The highest BCUT2D eigenvalue weighted by Gasteiger charge is 2.18. The van der Waals surface area contributed by atoms with Crippen LogP contribution in [0.4, 0.5) is 0 Å². The van der Waals surface area contributed by atoms with Crippen molar-refractivity contribution in [3.8, 4) is 22.3 Å². The number of rotatable bonds is 3. The second kappa shape index (κ2) is 8.93. The van der Waals surface area contributed by atoms with Crippen molar-refractivity contribution in [3.63, 3.8) is 0 Å². The molecule has 0 radical (unpaired) electrons. The molecule has 0 aliphatic rings. The summed E-state index contributed by atoms with van der Waals surface area (Å²) in [4.78, 5) is 0. The first kappa shape index (κ1) is 24.3. The van der Waals surface area contributed by atoms with Gasteiger partial charge >= 0.3 is 0 Å². The molecule has 0 fully saturated rings. The third-order valence-corrected chi connectivity index (χ3v) is 7.57. The highest BCUT2D eigenvalue weighted by molar-refractivity contribution is 6.09. The van der Waals surface area contributed by atoms with Crippen molar-refractivity contribution >= 4 is 21.5 Å². The van der Waals surface area contributed by atoms with Crippen molar-refractivity contribution in [1.82, 2.24) is 0 Å². The lowest BCUT2D eigenvalue weighted by atomic mass is 9.82. The summed E-state index contributed by atoms with van der Waals surface area (Å²) in [5.41, 5.74) is 9.48. The Balaban J connectivity index is 1.68. The standard InChI is InChI=1S/C36H38/c1-8-24-9-18-32-26(21-24)10-11-27-22-28(14-19-33(27)32)34-23-30(36(5,6)7)17-20-31(34)25-12-15-29(16-13-25)35(2,3)4/h9-23H,8H2,1-7H3. The molecule has 182 valence electrons. The van der Waals surface area contributed by atoms with Gasteiger partial charge in [-0.05, 0) is 83.8 Å². The van der Waals surface area contributed by atoms with E-state index in [4.69, 9.17) is 0 Å². The second-order valence-corrected chi connectivity index (χ2v) is 12.2. The average Bonchev–Trinajstić information content (AvgIpc) is 2.86. The van der Waals surface area contributed by atoms with E-state index in [1.54, 1.807) is 0 Å². The van der Waals surface area contributed by atoms with E-state index in [0.717, 1.165) is 6.42 Å². The molecule has 0 aliphatic carbocycles. The van der Waals surface area contributed by atoms with Crippen molar-refractivity contribution in [1.29, 1.82) is 0 Å². The summed E-state index contributed by atoms with van der Waals surface area (Å²) in [6, 6.07) is 34.6. The number of benzene rings is 5. The smallest absolute Gasteiger partial charge is 0.0102 e. The number of hydrogen-bond acceptors (Lipinski definition) is 0. The SMILES string of the molecule is CCc1ccc2c(ccc3cc(-c4cc(C(C)(C)C)ccc4-c4ccc(C(C)(C)C)cc4)ccc32)c1. The Hall–Kier alpha value is -3.38. The lowest BCUT2D eigenvalue weighted by Crippen LogP contribution is -2.11. The van der Waals surface area contributed by atoms with Crippen LogP contribution in [0.2, 0.25) is 0 Å². The van der Waals surface area contributed by atoms with Gasteiger partial charge in [0.25, 0.3) is 0 Å². The summed E-state index contributed by atoms with van der Waals surface area (Å²) >= 11 is 0. The van der Waals surface area contributed by atoms with E-state index in [0.29, 0.717) is 0 Å². The van der Waals surface area contributed by atoms with Crippen molar-refractivity contribution in [2.45, 2.75) is 65.7 Å². The Kier molecular flexibility index (Phi) is 6.03. The zero-order valence-electron chi connectivity index (χ0n) is 22.9. The molecule has 5 aromatic rings. The zero-order valence-corrected chi connectivity index (χ0v) is 22.9. The molecule has 5 aromatic carbocycles. The van der Waals surface area contributed by atoms with Crippen LogP contribution >= 0.6 is 0 Å². The van der Waals surface area contributed by atoms with Crippen LogP contribution in [-0.2, 0) is 17.3 Å². The van der Waals surface area contributed by atoms with Gasteiger partial charge in [-0.25, -0.2) is 0 Å². The highest BCUT2D eigenvalue weighted by atomic mass is 14.2. The molecule has 5 rings (SSSR count). The topological polar surface area (TPSA) is 0 Å². The molecule has 0 spiro atoms. The van der Waals surface area contributed by atoms with Gasteiger partial charge in [0.05, 0.1) is 0 Å². The van der Waals surface area contributed by atoms with E-state index in [9.17, 15) is 0 Å². The summed E-state index contributed by atoms with van der Waals surface area (Å²) in [5.74, 6) is 0. The molecular formula is C36H38. The molecule has 0 heterocycles. The highest BCUT2D eigenvalue weighted by Crippen LogP contribution is 2.39. The van der Waals surface area contributed by atoms with Gasteiger partial charge in [-0.15, -0.1) is 0 Å². The van der Waals surface area contributed by atoms with Crippen LogP contribution in [0.15, 0.2) is 91.0 Å². The minimum Gasteiger partial charge on any atom is -0.0613 e. The molecule has 0 heteroatoms. The van der Waals surface area contributed by atoms with Crippen molar-refractivity contribution in [3.05, 3.63) is 108 Å². The minimum absolute atomic E-state index is 0.0907. The molecule has 0 saturated carbocycles. The molecule has 36 heavy (non-hydrogen) atoms. The number of hydrogen-bond donors (Lipinski definition) is 0. The van der Waals surface area contributed by atoms with Crippen LogP contribution < -0.4 is 0 Å². The van der Waals surface area contributed by atoms with Gasteiger partial charge in [-0.2, -0.15) is 0 Å². The van der Waals surface area contributed by atoms with Crippen LogP contribution in [0.1, 0.15) is 65.2 Å². The van der Waals surface area contributed by atoms with E-state index in [1.165, 1.54) is 60.5 Å². The molecule has 0 aromatic heterocycles. The fraction of sp³-hybridized carbons (Fsp3) is 0.278. The third-order valence-electron chi connectivity index (χ3n) is 7.57. The molecule has 0 bridgehead atoms. The van der Waals surface area contributed by atoms with E-state index < -0.39 is 0 Å². The normalized spacial score (nSPS) is 12.4. The summed E-state index contributed by atoms with van der Waals surface area (Å²) in [5, 5.41) is 5.27. The van der Waals surface area contributed by atoms with Crippen LogP contribution in [-0.4, -0.2) is 0 Å².